The zero-order chi connectivity index (χ0) is 42.8. The number of hydrogen-bond acceptors (Lipinski definition) is 10. The first-order valence-electron chi connectivity index (χ1n) is 21.0. The van der Waals surface area contributed by atoms with E-state index in [0.717, 1.165) is 64.2 Å². The fourth-order valence-electron chi connectivity index (χ4n) is 4.75. The van der Waals surface area contributed by atoms with E-state index >= 15 is 0 Å². The van der Waals surface area contributed by atoms with Gasteiger partial charge in [-0.05, 0) is 83.5 Å². The number of esters is 2. The molecular weight excluding hydrogens is 759 g/mol. The van der Waals surface area contributed by atoms with E-state index in [1.54, 1.807) is 12.2 Å². The van der Waals surface area contributed by atoms with Crippen molar-refractivity contribution in [2.24, 2.45) is 0 Å². The maximum absolute atomic E-state index is 12.6. The Bertz CT molecular complexity index is 1340. The Morgan fingerprint density at radius 1 is 0.603 bits per heavy atom. The molecule has 0 aromatic carbocycles. The molecule has 0 heterocycles. The van der Waals surface area contributed by atoms with Gasteiger partial charge in [0.15, 0.2) is 6.10 Å². The fourth-order valence-corrected chi connectivity index (χ4v) is 5.54. The first-order valence-corrected chi connectivity index (χ1v) is 22.4. The van der Waals surface area contributed by atoms with Crippen molar-refractivity contribution < 1.29 is 52.9 Å². The number of hydrogen-bond donors (Lipinski definition) is 4. The van der Waals surface area contributed by atoms with E-state index in [0.29, 0.717) is 6.42 Å². The number of ether oxygens (including phenoxy) is 2. The Balaban J connectivity index is 4.64. The second-order valence-corrected chi connectivity index (χ2v) is 14.9. The monoisotopic (exact) mass is 832 g/mol. The summed E-state index contributed by atoms with van der Waals surface area (Å²) in [5, 5.41) is 28.6. The molecule has 11 nitrogen and oxygen atoms in total. The molecule has 0 aromatic heterocycles. The average molecular weight is 833 g/mol. The van der Waals surface area contributed by atoms with E-state index in [9.17, 15) is 29.3 Å². The Labute approximate surface area is 348 Å². The van der Waals surface area contributed by atoms with E-state index in [1.165, 1.54) is 19.3 Å². The minimum absolute atomic E-state index is 0.0785. The van der Waals surface area contributed by atoms with Crippen LogP contribution in [0.2, 0.25) is 0 Å². The van der Waals surface area contributed by atoms with Gasteiger partial charge in [0.1, 0.15) is 12.7 Å². The number of phosphoric acid groups is 1. The smallest absolute Gasteiger partial charge is 0.462 e. The van der Waals surface area contributed by atoms with Crippen LogP contribution >= 0.6 is 7.82 Å². The number of aliphatic hydroxyl groups is 3. The van der Waals surface area contributed by atoms with Crippen LogP contribution in [0, 0.1) is 0 Å². The standard InChI is InChI=1S/C46H73O11P/c1-3-5-7-9-11-13-15-17-19-21-22-24-26-28-30-32-34-42(48)36-37-45(50)54-40-44(41-56-58(52,53)55-39-43(49)38-47)57-46(51)35-33-31-29-27-25-23-20-18-16-14-12-10-8-6-4-2/h5,7,11-14,17-20,22,24-25,27-28,30,32,34,42-44,47-49H,3-4,6,8-10,15-16,21,23,26,29,31,33,35-41H2,1-2H3,(H,52,53)/b7-5-,13-11-,14-12-,19-17-,20-18-,24-22-,27-25-,30-28-,34-32-/t42?,43-,44+/m0/s1. The highest BCUT2D eigenvalue weighted by Gasteiger charge is 2.27. The maximum atomic E-state index is 12.6. The van der Waals surface area contributed by atoms with Gasteiger partial charge in [-0.2, -0.15) is 0 Å². The maximum Gasteiger partial charge on any atom is 0.472 e. The molecule has 4 N–H and O–H groups in total. The molecule has 0 amide bonds. The number of allylic oxidation sites excluding steroid dienone is 17. The van der Waals surface area contributed by atoms with Gasteiger partial charge >= 0.3 is 19.8 Å². The molecule has 0 aliphatic rings. The van der Waals surface area contributed by atoms with Crippen LogP contribution in [0.15, 0.2) is 109 Å². The van der Waals surface area contributed by atoms with Gasteiger partial charge < -0.3 is 29.7 Å². The van der Waals surface area contributed by atoms with Gasteiger partial charge in [-0.25, -0.2) is 4.57 Å². The van der Waals surface area contributed by atoms with Crippen molar-refractivity contribution in [2.45, 2.75) is 141 Å². The Hall–Kier alpha value is -3.41. The molecule has 12 heteroatoms. The van der Waals surface area contributed by atoms with Crippen molar-refractivity contribution in [2.75, 3.05) is 26.4 Å². The summed E-state index contributed by atoms with van der Waals surface area (Å²) >= 11 is 0. The van der Waals surface area contributed by atoms with Gasteiger partial charge in [-0.1, -0.05) is 136 Å². The predicted molar refractivity (Wildman–Crippen MR) is 234 cm³/mol. The molecule has 0 bridgehead atoms. The second-order valence-electron chi connectivity index (χ2n) is 13.5. The van der Waals surface area contributed by atoms with Crippen LogP contribution in [0.4, 0.5) is 0 Å². The molecule has 0 saturated heterocycles. The highest BCUT2D eigenvalue weighted by Crippen LogP contribution is 2.43. The zero-order valence-corrected chi connectivity index (χ0v) is 36.0. The second kappa shape index (κ2) is 40.4. The quantitative estimate of drug-likeness (QED) is 0.0155. The molecule has 0 rings (SSSR count). The van der Waals surface area contributed by atoms with Crippen LogP contribution in [0.5, 0.6) is 0 Å². The summed E-state index contributed by atoms with van der Waals surface area (Å²) in [6.07, 6.45) is 46.8. The number of carbonyl (C=O) groups excluding carboxylic acids is 2. The summed E-state index contributed by atoms with van der Waals surface area (Å²) in [6.45, 7) is 1.88. The summed E-state index contributed by atoms with van der Waals surface area (Å²) < 4.78 is 32.4. The van der Waals surface area contributed by atoms with Crippen LogP contribution < -0.4 is 0 Å². The lowest BCUT2D eigenvalue weighted by Gasteiger charge is -2.20. The number of carbonyl (C=O) groups is 2. The van der Waals surface area contributed by atoms with Crippen LogP contribution in [0.25, 0.3) is 0 Å². The first-order chi connectivity index (χ1) is 28.1. The molecule has 0 fully saturated rings. The number of unbranched alkanes of at least 4 members (excludes halogenated alkanes) is 5. The molecule has 0 spiro atoms. The normalized spacial score (nSPS) is 15.5. The van der Waals surface area contributed by atoms with Gasteiger partial charge in [0.05, 0.1) is 25.9 Å². The van der Waals surface area contributed by atoms with E-state index in [-0.39, 0.29) is 19.3 Å². The van der Waals surface area contributed by atoms with Crippen molar-refractivity contribution in [3.63, 3.8) is 0 Å². The minimum atomic E-state index is -4.69. The van der Waals surface area contributed by atoms with Crippen molar-refractivity contribution in [3.05, 3.63) is 109 Å². The lowest BCUT2D eigenvalue weighted by molar-refractivity contribution is -0.161. The molecule has 0 radical (unpaired) electrons. The molecular formula is C46H73O11P. The Morgan fingerprint density at radius 2 is 1.12 bits per heavy atom. The van der Waals surface area contributed by atoms with E-state index < -0.39 is 64.5 Å². The van der Waals surface area contributed by atoms with Crippen LogP contribution in [-0.4, -0.2) is 76.9 Å². The SMILES string of the molecule is CC/C=C\C/C=C\C/C=C\C/C=C\C/C=C\C=C/C(O)CCC(=O)OC[C@H](COP(=O)(O)OC[C@@H](O)CO)OC(=O)CCCC/C=C\C/C=C\C/C=C\CCCCC. The molecule has 328 valence electrons. The summed E-state index contributed by atoms with van der Waals surface area (Å²) in [5.41, 5.74) is 0. The molecule has 0 aliphatic heterocycles. The van der Waals surface area contributed by atoms with Gasteiger partial charge in [0.25, 0.3) is 0 Å². The van der Waals surface area contributed by atoms with Gasteiger partial charge in [-0.3, -0.25) is 18.6 Å². The molecule has 4 atom stereocenters. The largest absolute Gasteiger partial charge is 0.472 e. The van der Waals surface area contributed by atoms with Crippen molar-refractivity contribution in [1.82, 2.24) is 0 Å². The van der Waals surface area contributed by atoms with Crippen LogP contribution in [-0.2, 0) is 32.7 Å². The lowest BCUT2D eigenvalue weighted by atomic mass is 10.1. The van der Waals surface area contributed by atoms with Gasteiger partial charge in [-0.15, -0.1) is 0 Å². The third kappa shape index (κ3) is 39.4. The van der Waals surface area contributed by atoms with E-state index in [4.69, 9.17) is 19.1 Å². The summed E-state index contributed by atoms with van der Waals surface area (Å²) in [5.74, 6) is -1.27. The number of aliphatic hydroxyl groups excluding tert-OH is 3. The molecule has 2 unspecified atom stereocenters. The predicted octanol–water partition coefficient (Wildman–Crippen LogP) is 9.97. The summed E-state index contributed by atoms with van der Waals surface area (Å²) in [6, 6.07) is 0. The zero-order valence-electron chi connectivity index (χ0n) is 35.1. The summed E-state index contributed by atoms with van der Waals surface area (Å²) in [7, 11) is -4.69. The summed E-state index contributed by atoms with van der Waals surface area (Å²) in [4.78, 5) is 35.0. The van der Waals surface area contributed by atoms with E-state index in [1.807, 2.05) is 12.2 Å². The average Bonchev–Trinajstić information content (AvgIpc) is 3.21. The third-order valence-electron chi connectivity index (χ3n) is 8.03. The minimum Gasteiger partial charge on any atom is -0.462 e. The van der Waals surface area contributed by atoms with Crippen molar-refractivity contribution in [3.8, 4) is 0 Å². The van der Waals surface area contributed by atoms with E-state index in [2.05, 4.69) is 103 Å². The number of rotatable bonds is 37. The van der Waals surface area contributed by atoms with Gasteiger partial charge in [0, 0.05) is 12.8 Å². The molecule has 0 saturated carbocycles. The highest BCUT2D eigenvalue weighted by molar-refractivity contribution is 7.47. The van der Waals surface area contributed by atoms with Crippen LogP contribution in [0.3, 0.4) is 0 Å². The Morgan fingerprint density at radius 3 is 1.67 bits per heavy atom. The van der Waals surface area contributed by atoms with Crippen molar-refractivity contribution in [1.29, 1.82) is 0 Å². The fraction of sp³-hybridized carbons (Fsp3) is 0.565. The van der Waals surface area contributed by atoms with Crippen LogP contribution in [0.1, 0.15) is 123 Å². The lowest BCUT2D eigenvalue weighted by Crippen LogP contribution is -2.30. The number of phosphoric ester groups is 1. The van der Waals surface area contributed by atoms with Gasteiger partial charge in [0.2, 0.25) is 0 Å². The molecule has 58 heavy (non-hydrogen) atoms. The topological polar surface area (TPSA) is 169 Å². The molecule has 0 aliphatic carbocycles. The highest BCUT2D eigenvalue weighted by atomic mass is 31.2. The van der Waals surface area contributed by atoms with Crippen molar-refractivity contribution >= 4 is 19.8 Å². The Kier molecular flexibility index (Phi) is 38.0. The first kappa shape index (κ1) is 54.6. The third-order valence-corrected chi connectivity index (χ3v) is 8.98. The molecule has 0 aromatic rings.